The fourth-order valence-electron chi connectivity index (χ4n) is 4.02. The normalized spacial score (nSPS) is 14.1. The maximum atomic E-state index is 12.8. The van der Waals surface area contributed by atoms with Gasteiger partial charge in [0.25, 0.3) is 0 Å². The quantitative estimate of drug-likeness (QED) is 0.206. The van der Waals surface area contributed by atoms with Crippen LogP contribution >= 0.6 is 0 Å². The molecule has 0 spiro atoms. The van der Waals surface area contributed by atoms with E-state index in [0.29, 0.717) is 25.1 Å². The molecule has 0 fully saturated rings. The summed E-state index contributed by atoms with van der Waals surface area (Å²) >= 11 is 0. The molecule has 1 unspecified atom stereocenters. The Bertz CT molecular complexity index is 1070. The molecule has 1 amide bonds. The van der Waals surface area contributed by atoms with Gasteiger partial charge in [0.15, 0.2) is 5.88 Å². The van der Waals surface area contributed by atoms with Crippen LogP contribution in [0.5, 0.6) is 5.75 Å². The molecule has 0 aliphatic heterocycles. The molecule has 6 N–H and O–H groups in total. The fraction of sp³-hybridized carbons (Fsp3) is 0.407. The van der Waals surface area contributed by atoms with Gasteiger partial charge >= 0.3 is 0 Å². The number of benzene rings is 1. The second-order valence-corrected chi connectivity index (χ2v) is 8.73. The summed E-state index contributed by atoms with van der Waals surface area (Å²) in [6.07, 6.45) is 13.0. The lowest BCUT2D eigenvalue weighted by Crippen LogP contribution is -2.44. The number of nitrogens with one attached hydrogen (secondary N) is 3. The number of nitrogens with two attached hydrogens (primary N) is 1. The molecule has 8 heteroatoms. The first kappa shape index (κ1) is 26.1. The smallest absolute Gasteiger partial charge is 0.242 e. The molecule has 1 aliphatic carbocycles. The molecular formula is C27H37N5O3. The monoisotopic (exact) mass is 479 g/mol. The Kier molecular flexibility index (Phi) is 9.98. The van der Waals surface area contributed by atoms with E-state index in [2.05, 4.69) is 27.9 Å². The van der Waals surface area contributed by atoms with E-state index in [0.717, 1.165) is 48.0 Å². The predicted molar refractivity (Wildman–Crippen MR) is 141 cm³/mol. The number of allylic oxidation sites excluding steroid dienone is 5. The Morgan fingerprint density at radius 3 is 2.71 bits per heavy atom. The van der Waals surface area contributed by atoms with E-state index in [4.69, 9.17) is 10.5 Å². The van der Waals surface area contributed by atoms with Gasteiger partial charge in [-0.3, -0.25) is 9.78 Å². The van der Waals surface area contributed by atoms with Crippen LogP contribution in [-0.2, 0) is 4.79 Å². The van der Waals surface area contributed by atoms with Gasteiger partial charge < -0.3 is 31.5 Å². The number of rotatable bonds is 14. The van der Waals surface area contributed by atoms with Gasteiger partial charge in [-0.1, -0.05) is 18.2 Å². The van der Waals surface area contributed by atoms with E-state index < -0.39 is 6.04 Å². The zero-order chi connectivity index (χ0) is 25.0. The summed E-state index contributed by atoms with van der Waals surface area (Å²) in [6.45, 7) is 3.24. The zero-order valence-electron chi connectivity index (χ0n) is 20.6. The van der Waals surface area contributed by atoms with Crippen LogP contribution in [-0.4, -0.2) is 48.3 Å². The zero-order valence-corrected chi connectivity index (χ0v) is 20.6. The number of hydrogen-bond acceptors (Lipinski definition) is 7. The molecule has 2 aromatic rings. The molecule has 1 heterocycles. The minimum Gasteiger partial charge on any atom is -0.497 e. The van der Waals surface area contributed by atoms with E-state index in [1.165, 1.54) is 0 Å². The van der Waals surface area contributed by atoms with Crippen LogP contribution in [0.25, 0.3) is 10.9 Å². The molecule has 1 aromatic heterocycles. The Balaban J connectivity index is 1.50. The number of aliphatic hydroxyl groups is 1. The second-order valence-electron chi connectivity index (χ2n) is 8.73. The number of aromatic nitrogens is 1. The summed E-state index contributed by atoms with van der Waals surface area (Å²) in [5.41, 5.74) is 8.11. The Morgan fingerprint density at radius 1 is 1.17 bits per heavy atom. The highest BCUT2D eigenvalue weighted by Crippen LogP contribution is 2.28. The molecule has 0 saturated carbocycles. The molecule has 0 bridgehead atoms. The average molecular weight is 480 g/mol. The number of pyridine rings is 1. The summed E-state index contributed by atoms with van der Waals surface area (Å²) in [5, 5.41) is 20.9. The molecule has 2 atom stereocenters. The van der Waals surface area contributed by atoms with Crippen LogP contribution in [0.15, 0.2) is 66.2 Å². The van der Waals surface area contributed by atoms with Crippen LogP contribution in [0, 0.1) is 0 Å². The number of amides is 1. The Hall–Kier alpha value is -3.52. The minimum absolute atomic E-state index is 0.0137. The summed E-state index contributed by atoms with van der Waals surface area (Å²) in [7, 11) is 1.66. The van der Waals surface area contributed by atoms with Crippen LogP contribution < -0.4 is 26.4 Å². The summed E-state index contributed by atoms with van der Waals surface area (Å²) in [4.78, 5) is 17.3. The average Bonchev–Trinajstić information content (AvgIpc) is 3.41. The predicted octanol–water partition coefficient (Wildman–Crippen LogP) is 3.92. The van der Waals surface area contributed by atoms with Crippen LogP contribution in [0.2, 0.25) is 0 Å². The Morgan fingerprint density at radius 2 is 1.97 bits per heavy atom. The van der Waals surface area contributed by atoms with E-state index in [-0.39, 0.29) is 17.8 Å². The van der Waals surface area contributed by atoms with Crippen molar-refractivity contribution in [2.75, 3.05) is 25.5 Å². The van der Waals surface area contributed by atoms with Gasteiger partial charge in [-0.2, -0.15) is 0 Å². The highest BCUT2D eigenvalue weighted by molar-refractivity contribution is 5.92. The number of fused-ring (bicyclic) bond motifs is 1. The van der Waals surface area contributed by atoms with Gasteiger partial charge in [-0.25, -0.2) is 0 Å². The van der Waals surface area contributed by atoms with E-state index >= 15 is 0 Å². The standard InChI is InChI=1S/C27H37N5O3/c1-19(31-24-18-22(35-2)17-21-12-8-15-29-25(21)24)9-7-16-30-27(34)23(13-5-6-14-28)32-26(33)20-10-3-4-11-20/h3-4,8,10-12,15,17-19,23,31-33H,5-7,9,13-14,16,28H2,1-2H3,(H,30,34)/t19?,23-/m1/s1. The van der Waals surface area contributed by atoms with Crippen molar-refractivity contribution in [3.63, 3.8) is 0 Å². The van der Waals surface area contributed by atoms with Gasteiger partial charge in [0.05, 0.1) is 18.3 Å². The number of unbranched alkanes of at least 4 members (excludes halogenated alkanes) is 1. The third-order valence-corrected chi connectivity index (χ3v) is 5.94. The molecule has 0 saturated heterocycles. The molecule has 188 valence electrons. The summed E-state index contributed by atoms with van der Waals surface area (Å²) in [5.74, 6) is 0.672. The molecule has 3 rings (SSSR count). The van der Waals surface area contributed by atoms with E-state index in [1.54, 1.807) is 25.5 Å². The van der Waals surface area contributed by atoms with Crippen molar-refractivity contribution < 1.29 is 14.6 Å². The maximum Gasteiger partial charge on any atom is 0.242 e. The number of methoxy groups -OCH3 is 1. The maximum absolute atomic E-state index is 12.8. The summed E-state index contributed by atoms with van der Waals surface area (Å²) in [6, 6.07) is 7.52. The minimum atomic E-state index is -0.513. The van der Waals surface area contributed by atoms with Crippen molar-refractivity contribution in [1.82, 2.24) is 15.6 Å². The Labute approximate surface area is 207 Å². The van der Waals surface area contributed by atoms with Gasteiger partial charge in [-0.15, -0.1) is 0 Å². The number of aliphatic hydroxyl groups excluding tert-OH is 1. The number of anilines is 1. The first-order valence-electron chi connectivity index (χ1n) is 12.2. The highest BCUT2D eigenvalue weighted by Gasteiger charge is 2.19. The van der Waals surface area contributed by atoms with E-state index in [9.17, 15) is 9.90 Å². The van der Waals surface area contributed by atoms with Crippen LogP contribution in [0.1, 0.15) is 39.0 Å². The molecule has 8 nitrogen and oxygen atoms in total. The largest absolute Gasteiger partial charge is 0.497 e. The van der Waals surface area contributed by atoms with Gasteiger partial charge in [0.2, 0.25) is 5.91 Å². The molecule has 0 radical (unpaired) electrons. The number of nitrogens with zero attached hydrogens (tertiary/aromatic N) is 1. The van der Waals surface area contributed by atoms with E-state index in [1.807, 2.05) is 36.4 Å². The van der Waals surface area contributed by atoms with Crippen molar-refractivity contribution in [2.24, 2.45) is 5.73 Å². The van der Waals surface area contributed by atoms with Crippen molar-refractivity contribution in [3.8, 4) is 5.75 Å². The molecule has 1 aromatic carbocycles. The first-order chi connectivity index (χ1) is 17.0. The topological polar surface area (TPSA) is 122 Å². The van der Waals surface area contributed by atoms with Crippen molar-refractivity contribution >= 4 is 22.5 Å². The third kappa shape index (κ3) is 7.75. The third-order valence-electron chi connectivity index (χ3n) is 5.94. The van der Waals surface area contributed by atoms with Crippen molar-refractivity contribution in [3.05, 3.63) is 66.2 Å². The molecule has 35 heavy (non-hydrogen) atoms. The number of carbonyl (C=O) groups is 1. The highest BCUT2D eigenvalue weighted by atomic mass is 16.5. The van der Waals surface area contributed by atoms with Crippen LogP contribution in [0.3, 0.4) is 0 Å². The lowest BCUT2D eigenvalue weighted by molar-refractivity contribution is -0.123. The lowest BCUT2D eigenvalue weighted by Gasteiger charge is -2.20. The van der Waals surface area contributed by atoms with Crippen molar-refractivity contribution in [2.45, 2.75) is 51.1 Å². The van der Waals surface area contributed by atoms with Gasteiger partial charge in [-0.05, 0) is 69.9 Å². The number of ether oxygens (including phenoxy) is 1. The number of carbonyl (C=O) groups excluding carboxylic acids is 1. The SMILES string of the molecule is COc1cc(NC(C)CCCNC(=O)[C@@H](CCCCN)NC(O)=C2C=CC=C2)c2ncccc2c1. The molecule has 1 aliphatic rings. The fourth-order valence-corrected chi connectivity index (χ4v) is 4.02. The second kappa shape index (κ2) is 13.4. The van der Waals surface area contributed by atoms with Crippen molar-refractivity contribution in [1.29, 1.82) is 0 Å². The molecular weight excluding hydrogens is 442 g/mol. The van der Waals surface area contributed by atoms with Gasteiger partial charge in [0.1, 0.15) is 11.8 Å². The van der Waals surface area contributed by atoms with Crippen LogP contribution in [0.4, 0.5) is 5.69 Å². The van der Waals surface area contributed by atoms with Gasteiger partial charge in [0, 0.05) is 35.8 Å². The number of hydrogen-bond donors (Lipinski definition) is 5. The summed E-state index contributed by atoms with van der Waals surface area (Å²) < 4.78 is 5.43. The lowest BCUT2D eigenvalue weighted by atomic mass is 10.1. The first-order valence-corrected chi connectivity index (χ1v) is 12.2.